The zero-order chi connectivity index (χ0) is 10.7. The molecular weight excluding hydrogens is 273 g/mol. The van der Waals surface area contributed by atoms with E-state index in [1.807, 2.05) is 0 Å². The van der Waals surface area contributed by atoms with Crippen LogP contribution in [0.15, 0.2) is 28.9 Å². The van der Waals surface area contributed by atoms with Crippen LogP contribution in [-0.2, 0) is 6.42 Å². The van der Waals surface area contributed by atoms with Crippen molar-refractivity contribution in [1.29, 1.82) is 0 Å². The molecule has 1 aromatic carbocycles. The highest BCUT2D eigenvalue weighted by molar-refractivity contribution is 9.10. The molecule has 1 heterocycles. The zero-order valence-corrected chi connectivity index (χ0v) is 10.7. The van der Waals surface area contributed by atoms with E-state index in [0.717, 1.165) is 29.6 Å². The van der Waals surface area contributed by atoms with Crippen LogP contribution in [0.3, 0.4) is 0 Å². The number of halogens is 2. The van der Waals surface area contributed by atoms with Crippen LogP contribution in [0.4, 0.5) is 0 Å². The first-order chi connectivity index (χ1) is 7.31. The van der Waals surface area contributed by atoms with Crippen molar-refractivity contribution in [2.75, 3.05) is 5.88 Å². The summed E-state index contributed by atoms with van der Waals surface area (Å²) in [4.78, 5) is 3.29. The normalized spacial score (nSPS) is 11.1. The summed E-state index contributed by atoms with van der Waals surface area (Å²) in [5.74, 6) is 0.756. The summed E-state index contributed by atoms with van der Waals surface area (Å²) >= 11 is 9.17. The topological polar surface area (TPSA) is 15.8 Å². The van der Waals surface area contributed by atoms with Crippen molar-refractivity contribution < 1.29 is 0 Å². The maximum atomic E-state index is 5.67. The van der Waals surface area contributed by atoms with Gasteiger partial charge in [-0.05, 0) is 43.0 Å². The Labute approximate surface area is 103 Å². The molecule has 0 radical (unpaired) electrons. The van der Waals surface area contributed by atoms with Gasteiger partial charge >= 0.3 is 0 Å². The molecule has 0 fully saturated rings. The molecule has 0 saturated carbocycles. The van der Waals surface area contributed by atoms with Crippen molar-refractivity contribution in [2.24, 2.45) is 0 Å². The maximum absolute atomic E-state index is 5.67. The molecule has 1 nitrogen and oxygen atoms in total. The monoisotopic (exact) mass is 285 g/mol. The summed E-state index contributed by atoms with van der Waals surface area (Å²) in [5, 5.41) is 1.32. The lowest BCUT2D eigenvalue weighted by Gasteiger charge is -1.98. The first kappa shape index (κ1) is 11.0. The van der Waals surface area contributed by atoms with E-state index in [2.05, 4.69) is 45.3 Å². The SMILES string of the molecule is ClCCCCc1c[nH]c2ccc(Br)cc12. The molecule has 0 aliphatic rings. The number of hydrogen-bond donors (Lipinski definition) is 1. The van der Waals surface area contributed by atoms with E-state index in [-0.39, 0.29) is 0 Å². The molecular formula is C12H13BrClN. The average molecular weight is 287 g/mol. The second kappa shape index (κ2) is 5.04. The van der Waals surface area contributed by atoms with Crippen LogP contribution in [-0.4, -0.2) is 10.9 Å². The number of unbranched alkanes of at least 4 members (excludes halogenated alkanes) is 1. The van der Waals surface area contributed by atoms with Gasteiger partial charge in [0.25, 0.3) is 0 Å². The van der Waals surface area contributed by atoms with Crippen molar-refractivity contribution in [2.45, 2.75) is 19.3 Å². The van der Waals surface area contributed by atoms with Gasteiger partial charge in [-0.1, -0.05) is 15.9 Å². The highest BCUT2D eigenvalue weighted by atomic mass is 79.9. The molecule has 2 aromatic rings. The van der Waals surface area contributed by atoms with Gasteiger partial charge in [0.1, 0.15) is 0 Å². The molecule has 15 heavy (non-hydrogen) atoms. The molecule has 0 amide bonds. The number of benzene rings is 1. The Morgan fingerprint density at radius 3 is 2.93 bits per heavy atom. The van der Waals surface area contributed by atoms with Crippen molar-refractivity contribution in [1.82, 2.24) is 4.98 Å². The number of H-pyrrole nitrogens is 1. The second-order valence-corrected chi connectivity index (χ2v) is 4.94. The van der Waals surface area contributed by atoms with E-state index < -0.39 is 0 Å². The second-order valence-electron chi connectivity index (χ2n) is 3.65. The number of rotatable bonds is 4. The van der Waals surface area contributed by atoms with Crippen molar-refractivity contribution in [3.63, 3.8) is 0 Å². The largest absolute Gasteiger partial charge is 0.361 e. The maximum Gasteiger partial charge on any atom is 0.0457 e. The summed E-state index contributed by atoms with van der Waals surface area (Å²) in [6, 6.07) is 6.33. The quantitative estimate of drug-likeness (QED) is 0.629. The van der Waals surface area contributed by atoms with Gasteiger partial charge in [-0.25, -0.2) is 0 Å². The molecule has 80 valence electrons. The minimum Gasteiger partial charge on any atom is -0.361 e. The number of aromatic nitrogens is 1. The molecule has 0 unspecified atom stereocenters. The number of nitrogens with one attached hydrogen (secondary N) is 1. The lowest BCUT2D eigenvalue weighted by Crippen LogP contribution is -1.84. The number of aromatic amines is 1. The Bertz CT molecular complexity index is 450. The number of alkyl halides is 1. The Kier molecular flexibility index (Phi) is 3.71. The van der Waals surface area contributed by atoms with Gasteiger partial charge in [0, 0.05) is 27.5 Å². The van der Waals surface area contributed by atoms with E-state index in [4.69, 9.17) is 11.6 Å². The Balaban J connectivity index is 2.23. The van der Waals surface area contributed by atoms with E-state index in [1.54, 1.807) is 0 Å². The van der Waals surface area contributed by atoms with Crippen molar-refractivity contribution >= 4 is 38.4 Å². The third-order valence-electron chi connectivity index (χ3n) is 2.56. The van der Waals surface area contributed by atoms with Gasteiger partial charge in [-0.2, -0.15) is 0 Å². The summed E-state index contributed by atoms with van der Waals surface area (Å²) in [7, 11) is 0. The molecule has 0 aliphatic carbocycles. The van der Waals surface area contributed by atoms with Crippen LogP contribution in [0.2, 0.25) is 0 Å². The van der Waals surface area contributed by atoms with Gasteiger partial charge in [-0.15, -0.1) is 11.6 Å². The van der Waals surface area contributed by atoms with Crippen LogP contribution >= 0.6 is 27.5 Å². The number of fused-ring (bicyclic) bond motifs is 1. The molecule has 0 saturated heterocycles. The van der Waals surface area contributed by atoms with Crippen LogP contribution in [0, 0.1) is 0 Å². The summed E-state index contributed by atoms with van der Waals surface area (Å²) in [5.41, 5.74) is 2.59. The number of aryl methyl sites for hydroxylation is 1. The van der Waals surface area contributed by atoms with Gasteiger partial charge in [0.15, 0.2) is 0 Å². The summed E-state index contributed by atoms with van der Waals surface area (Å²) in [6.07, 6.45) is 5.44. The molecule has 1 aromatic heterocycles. The Morgan fingerprint density at radius 2 is 2.13 bits per heavy atom. The molecule has 2 rings (SSSR count). The molecule has 0 bridgehead atoms. The standard InChI is InChI=1S/C12H13BrClN/c13-10-4-5-12-11(7-10)9(8-15-12)3-1-2-6-14/h4-5,7-8,15H,1-3,6H2. The van der Waals surface area contributed by atoms with Crippen LogP contribution in [0.25, 0.3) is 10.9 Å². The summed E-state index contributed by atoms with van der Waals surface area (Å²) < 4.78 is 1.13. The lowest BCUT2D eigenvalue weighted by atomic mass is 10.1. The van der Waals surface area contributed by atoms with E-state index in [1.165, 1.54) is 16.5 Å². The predicted molar refractivity (Wildman–Crippen MR) is 69.7 cm³/mol. The lowest BCUT2D eigenvalue weighted by molar-refractivity contribution is 0.803. The molecule has 1 N–H and O–H groups in total. The summed E-state index contributed by atoms with van der Waals surface area (Å²) in [6.45, 7) is 0. The Hall–Kier alpha value is -0.470. The first-order valence-electron chi connectivity index (χ1n) is 5.13. The Morgan fingerprint density at radius 1 is 1.27 bits per heavy atom. The van der Waals surface area contributed by atoms with Gasteiger partial charge < -0.3 is 4.98 Å². The smallest absolute Gasteiger partial charge is 0.0457 e. The van der Waals surface area contributed by atoms with E-state index in [0.29, 0.717) is 0 Å². The molecule has 0 aliphatic heterocycles. The number of hydrogen-bond acceptors (Lipinski definition) is 0. The van der Waals surface area contributed by atoms with E-state index >= 15 is 0 Å². The van der Waals surface area contributed by atoms with E-state index in [9.17, 15) is 0 Å². The third-order valence-corrected chi connectivity index (χ3v) is 3.32. The fraction of sp³-hybridized carbons (Fsp3) is 0.333. The predicted octanol–water partition coefficient (Wildman–Crippen LogP) is 4.49. The van der Waals surface area contributed by atoms with Gasteiger partial charge in [0.2, 0.25) is 0 Å². The van der Waals surface area contributed by atoms with Crippen LogP contribution in [0.1, 0.15) is 18.4 Å². The van der Waals surface area contributed by atoms with Crippen molar-refractivity contribution in [3.05, 3.63) is 34.4 Å². The molecule has 0 spiro atoms. The van der Waals surface area contributed by atoms with Gasteiger partial charge in [-0.3, -0.25) is 0 Å². The minimum atomic E-state index is 0.756. The highest BCUT2D eigenvalue weighted by Gasteiger charge is 2.03. The first-order valence-corrected chi connectivity index (χ1v) is 6.45. The third kappa shape index (κ3) is 2.56. The fourth-order valence-electron chi connectivity index (χ4n) is 1.77. The highest BCUT2D eigenvalue weighted by Crippen LogP contribution is 2.23. The molecule has 3 heteroatoms. The average Bonchev–Trinajstić information content (AvgIpc) is 2.62. The van der Waals surface area contributed by atoms with Crippen LogP contribution < -0.4 is 0 Å². The fourth-order valence-corrected chi connectivity index (χ4v) is 2.32. The van der Waals surface area contributed by atoms with Gasteiger partial charge in [0.05, 0.1) is 0 Å². The van der Waals surface area contributed by atoms with Crippen molar-refractivity contribution in [3.8, 4) is 0 Å². The zero-order valence-electron chi connectivity index (χ0n) is 8.39. The van der Waals surface area contributed by atoms with Crippen LogP contribution in [0.5, 0.6) is 0 Å². The molecule has 0 atom stereocenters. The minimum absolute atomic E-state index is 0.756.